The van der Waals surface area contributed by atoms with Crippen molar-refractivity contribution < 1.29 is 14.3 Å². The van der Waals surface area contributed by atoms with Crippen molar-refractivity contribution in [2.75, 3.05) is 0 Å². The molecule has 0 radical (unpaired) electrons. The highest BCUT2D eigenvalue weighted by atomic mass is 19.1. The van der Waals surface area contributed by atoms with Crippen molar-refractivity contribution >= 4 is 12.0 Å². The second kappa shape index (κ2) is 5.23. The van der Waals surface area contributed by atoms with Crippen molar-refractivity contribution in [1.29, 1.82) is 0 Å². The Balaban J connectivity index is 2.54. The van der Waals surface area contributed by atoms with Crippen molar-refractivity contribution in [2.24, 2.45) is 0 Å². The number of carboxylic acids is 1. The quantitative estimate of drug-likeness (QED) is 0.843. The third kappa shape index (κ3) is 2.60. The lowest BCUT2D eigenvalue weighted by Gasteiger charge is -2.06. The van der Waals surface area contributed by atoms with Gasteiger partial charge in [0.25, 0.3) is 0 Å². The minimum absolute atomic E-state index is 0.256. The van der Waals surface area contributed by atoms with Crippen LogP contribution in [-0.2, 0) is 4.79 Å². The van der Waals surface area contributed by atoms with Gasteiger partial charge >= 0.3 is 5.97 Å². The first-order valence-corrected chi connectivity index (χ1v) is 5.28. The lowest BCUT2D eigenvalue weighted by molar-refractivity contribution is -0.131. The van der Waals surface area contributed by atoms with Crippen LogP contribution in [0.5, 0.6) is 0 Å². The number of carboxylic acid groups (broad SMARTS) is 1. The highest BCUT2D eigenvalue weighted by Gasteiger charge is 2.07. The first-order chi connectivity index (χ1) is 8.68. The van der Waals surface area contributed by atoms with E-state index >= 15 is 0 Å². The van der Waals surface area contributed by atoms with E-state index in [4.69, 9.17) is 5.11 Å². The Labute approximate surface area is 103 Å². The van der Waals surface area contributed by atoms with E-state index in [0.29, 0.717) is 5.56 Å². The summed E-state index contributed by atoms with van der Waals surface area (Å²) in [6, 6.07) is 8.11. The summed E-state index contributed by atoms with van der Waals surface area (Å²) in [5, 5.41) is 8.61. The molecule has 1 aromatic heterocycles. The van der Waals surface area contributed by atoms with Gasteiger partial charge < -0.3 is 5.11 Å². The molecule has 0 amide bonds. The Hall–Kier alpha value is -2.49. The third-order valence-electron chi connectivity index (χ3n) is 2.44. The fourth-order valence-corrected chi connectivity index (χ4v) is 1.64. The zero-order valence-corrected chi connectivity index (χ0v) is 9.38. The number of benzene rings is 1. The average Bonchev–Trinajstić information content (AvgIpc) is 2.38. The lowest BCUT2D eigenvalue weighted by atomic mass is 10.00. The van der Waals surface area contributed by atoms with E-state index in [9.17, 15) is 9.18 Å². The van der Waals surface area contributed by atoms with E-state index in [1.165, 1.54) is 12.1 Å². The summed E-state index contributed by atoms with van der Waals surface area (Å²) in [6.45, 7) is 0. The van der Waals surface area contributed by atoms with Crippen molar-refractivity contribution in [3.63, 3.8) is 0 Å². The van der Waals surface area contributed by atoms with E-state index in [1.807, 2.05) is 0 Å². The molecule has 0 unspecified atom stereocenters. The van der Waals surface area contributed by atoms with Gasteiger partial charge in [-0.2, -0.15) is 0 Å². The van der Waals surface area contributed by atoms with E-state index in [1.54, 1.807) is 36.7 Å². The monoisotopic (exact) mass is 243 g/mol. The molecule has 0 aliphatic heterocycles. The number of hydrogen-bond donors (Lipinski definition) is 1. The summed E-state index contributed by atoms with van der Waals surface area (Å²) >= 11 is 0. The molecule has 0 atom stereocenters. The van der Waals surface area contributed by atoms with Gasteiger partial charge in [0.05, 0.1) is 0 Å². The van der Waals surface area contributed by atoms with Crippen molar-refractivity contribution in [1.82, 2.24) is 4.98 Å². The Morgan fingerprint density at radius 2 is 1.94 bits per heavy atom. The van der Waals surface area contributed by atoms with Crippen LogP contribution in [0.3, 0.4) is 0 Å². The summed E-state index contributed by atoms with van der Waals surface area (Å²) in [7, 11) is 0. The van der Waals surface area contributed by atoms with Gasteiger partial charge in [-0.05, 0) is 35.4 Å². The molecule has 90 valence electrons. The molecule has 0 bridgehead atoms. The molecule has 1 N–H and O–H groups in total. The molecule has 0 saturated carbocycles. The number of aromatic nitrogens is 1. The van der Waals surface area contributed by atoms with E-state index < -0.39 is 11.8 Å². The van der Waals surface area contributed by atoms with Crippen LogP contribution < -0.4 is 0 Å². The summed E-state index contributed by atoms with van der Waals surface area (Å²) in [5.74, 6) is -1.57. The molecule has 2 aromatic rings. The smallest absolute Gasteiger partial charge is 0.328 e. The summed E-state index contributed by atoms with van der Waals surface area (Å²) in [4.78, 5) is 14.4. The number of nitrogens with zero attached hydrogens (tertiary/aromatic N) is 1. The summed E-state index contributed by atoms with van der Waals surface area (Å²) in [6.07, 6.45) is 5.38. The first-order valence-electron chi connectivity index (χ1n) is 5.28. The van der Waals surface area contributed by atoms with Crippen LogP contribution in [0.25, 0.3) is 17.2 Å². The van der Waals surface area contributed by atoms with Crippen LogP contribution in [0, 0.1) is 5.82 Å². The van der Waals surface area contributed by atoms with E-state index in [-0.39, 0.29) is 5.56 Å². The fourth-order valence-electron chi connectivity index (χ4n) is 1.64. The topological polar surface area (TPSA) is 50.2 Å². The number of rotatable bonds is 3. The second-order valence-corrected chi connectivity index (χ2v) is 3.61. The van der Waals surface area contributed by atoms with Gasteiger partial charge in [0.1, 0.15) is 5.82 Å². The fraction of sp³-hybridized carbons (Fsp3) is 0. The zero-order chi connectivity index (χ0) is 13.0. The Bertz CT molecular complexity index is 594. The molecule has 3 nitrogen and oxygen atoms in total. The van der Waals surface area contributed by atoms with Gasteiger partial charge in [-0.3, -0.25) is 4.98 Å². The predicted octanol–water partition coefficient (Wildman–Crippen LogP) is 2.99. The molecule has 0 aliphatic rings. The maximum absolute atomic E-state index is 13.7. The number of carbonyl (C=O) groups is 1. The van der Waals surface area contributed by atoms with Crippen molar-refractivity contribution in [2.45, 2.75) is 0 Å². The van der Waals surface area contributed by atoms with Crippen molar-refractivity contribution in [3.05, 3.63) is 60.2 Å². The van der Waals surface area contributed by atoms with E-state index in [2.05, 4.69) is 4.98 Å². The van der Waals surface area contributed by atoms with Gasteiger partial charge in [-0.15, -0.1) is 0 Å². The maximum Gasteiger partial charge on any atom is 0.328 e. The summed E-state index contributed by atoms with van der Waals surface area (Å²) in [5.41, 5.74) is 1.68. The number of halogens is 1. The molecule has 0 spiro atoms. The largest absolute Gasteiger partial charge is 0.478 e. The van der Waals surface area contributed by atoms with Crippen LogP contribution >= 0.6 is 0 Å². The van der Waals surface area contributed by atoms with Crippen LogP contribution in [0.15, 0.2) is 48.8 Å². The molecule has 0 aliphatic carbocycles. The Morgan fingerprint density at radius 3 is 2.61 bits per heavy atom. The van der Waals surface area contributed by atoms with Gasteiger partial charge in [-0.25, -0.2) is 9.18 Å². The molecular formula is C14H10FNO2. The Morgan fingerprint density at radius 1 is 1.22 bits per heavy atom. The molecule has 1 aromatic carbocycles. The van der Waals surface area contributed by atoms with Gasteiger partial charge in [0.2, 0.25) is 0 Å². The van der Waals surface area contributed by atoms with Gasteiger partial charge in [0, 0.05) is 24.0 Å². The minimum atomic E-state index is -1.11. The third-order valence-corrected chi connectivity index (χ3v) is 2.44. The van der Waals surface area contributed by atoms with Gasteiger partial charge in [0.15, 0.2) is 0 Å². The van der Waals surface area contributed by atoms with Gasteiger partial charge in [-0.1, -0.05) is 12.1 Å². The molecule has 0 saturated heterocycles. The highest BCUT2D eigenvalue weighted by molar-refractivity contribution is 5.87. The SMILES string of the molecule is O=C(O)/C=C/c1c(F)cccc1-c1ccncc1. The maximum atomic E-state index is 13.7. The molecular weight excluding hydrogens is 233 g/mol. The van der Waals surface area contributed by atoms with Crippen LogP contribution in [-0.4, -0.2) is 16.1 Å². The normalized spacial score (nSPS) is 10.7. The van der Waals surface area contributed by atoms with Crippen LogP contribution in [0.1, 0.15) is 5.56 Å². The number of pyridine rings is 1. The summed E-state index contributed by atoms with van der Waals surface area (Å²) < 4.78 is 13.7. The van der Waals surface area contributed by atoms with Crippen LogP contribution in [0.2, 0.25) is 0 Å². The highest BCUT2D eigenvalue weighted by Crippen LogP contribution is 2.26. The standard InChI is InChI=1S/C14H10FNO2/c15-13-3-1-2-11(10-6-8-16-9-7-10)12(13)4-5-14(17)18/h1-9H,(H,17,18)/b5-4+. The van der Waals surface area contributed by atoms with E-state index in [0.717, 1.165) is 11.6 Å². The molecule has 2 rings (SSSR count). The zero-order valence-electron chi connectivity index (χ0n) is 9.38. The van der Waals surface area contributed by atoms with Crippen LogP contribution in [0.4, 0.5) is 4.39 Å². The number of hydrogen-bond acceptors (Lipinski definition) is 2. The molecule has 1 heterocycles. The molecule has 4 heteroatoms. The van der Waals surface area contributed by atoms with Crippen molar-refractivity contribution in [3.8, 4) is 11.1 Å². The second-order valence-electron chi connectivity index (χ2n) is 3.61. The average molecular weight is 243 g/mol. The minimum Gasteiger partial charge on any atom is -0.478 e. The lowest BCUT2D eigenvalue weighted by Crippen LogP contribution is -1.91. The molecule has 18 heavy (non-hydrogen) atoms. The Kier molecular flexibility index (Phi) is 3.48. The first kappa shape index (κ1) is 12.0. The number of aliphatic carboxylic acids is 1. The molecule has 0 fully saturated rings. The predicted molar refractivity (Wildman–Crippen MR) is 66.3 cm³/mol.